The van der Waals surface area contributed by atoms with Gasteiger partial charge >= 0.3 is 0 Å². The number of hydrogen-bond donors (Lipinski definition) is 1. The van der Waals surface area contributed by atoms with Crippen molar-refractivity contribution in [2.75, 3.05) is 5.73 Å². The molecule has 1 heterocycles. The number of nitrogen functional groups attached to an aromatic ring is 1. The van der Waals surface area contributed by atoms with Crippen LogP contribution in [-0.2, 0) is 5.41 Å². The smallest absolute Gasteiger partial charge is 0.280 e. The minimum absolute atomic E-state index is 0.0219. The summed E-state index contributed by atoms with van der Waals surface area (Å²) in [6.07, 6.45) is -2.68. The molecule has 0 bridgehead atoms. The summed E-state index contributed by atoms with van der Waals surface area (Å²) in [5, 5.41) is 0. The maximum Gasteiger partial charge on any atom is 0.280 e. The van der Waals surface area contributed by atoms with Crippen LogP contribution in [0.1, 0.15) is 63.8 Å². The van der Waals surface area contributed by atoms with Crippen molar-refractivity contribution in [3.05, 3.63) is 41.1 Å². The molecule has 0 amide bonds. The highest BCUT2D eigenvalue weighted by Crippen LogP contribution is 2.33. The maximum absolute atomic E-state index is 13.3. The van der Waals surface area contributed by atoms with Crippen LogP contribution in [-0.4, -0.2) is 9.97 Å². The molecule has 0 atom stereocenters. The molecule has 0 aliphatic rings. The van der Waals surface area contributed by atoms with Gasteiger partial charge in [-0.3, -0.25) is 0 Å². The summed E-state index contributed by atoms with van der Waals surface area (Å²) < 4.78 is 26.7. The fraction of sp³-hybridized carbons (Fsp3) is 0.444. The number of rotatable bonds is 3. The molecule has 0 unspecified atom stereocenters. The number of anilines is 1. The van der Waals surface area contributed by atoms with Gasteiger partial charge in [0.15, 0.2) is 5.82 Å². The molecular formula is C18H23F2N3. The second-order valence-corrected chi connectivity index (χ2v) is 7.01. The van der Waals surface area contributed by atoms with E-state index in [1.165, 1.54) is 0 Å². The number of nitrogens with zero attached hydrogens (tertiary/aromatic N) is 2. The van der Waals surface area contributed by atoms with Gasteiger partial charge in [-0.25, -0.2) is 18.7 Å². The first-order chi connectivity index (χ1) is 10.6. The molecule has 2 rings (SSSR count). The molecule has 5 heteroatoms. The highest BCUT2D eigenvalue weighted by molar-refractivity contribution is 5.60. The lowest BCUT2D eigenvalue weighted by Gasteiger charge is -2.19. The predicted molar refractivity (Wildman–Crippen MR) is 89.6 cm³/mol. The molecule has 0 fully saturated rings. The van der Waals surface area contributed by atoms with Crippen LogP contribution in [0.15, 0.2) is 24.3 Å². The van der Waals surface area contributed by atoms with E-state index < -0.39 is 6.43 Å². The van der Waals surface area contributed by atoms with E-state index in [0.29, 0.717) is 11.1 Å². The molecule has 1 aromatic carbocycles. The molecule has 0 saturated carbocycles. The van der Waals surface area contributed by atoms with Gasteiger partial charge in [0.05, 0.1) is 0 Å². The summed E-state index contributed by atoms with van der Waals surface area (Å²) in [5.74, 6) is 0.208. The molecule has 0 spiro atoms. The van der Waals surface area contributed by atoms with Crippen molar-refractivity contribution < 1.29 is 8.78 Å². The molecule has 2 N–H and O–H groups in total. The van der Waals surface area contributed by atoms with Crippen LogP contribution in [0.4, 0.5) is 14.6 Å². The lowest BCUT2D eigenvalue weighted by Crippen LogP contribution is -2.11. The molecule has 3 nitrogen and oxygen atoms in total. The Morgan fingerprint density at radius 3 is 2.00 bits per heavy atom. The van der Waals surface area contributed by atoms with Gasteiger partial charge in [0.2, 0.25) is 0 Å². The molecule has 0 radical (unpaired) electrons. The SMILES string of the molecule is CC(C)c1c(N)nc(-c2ccc(C(C)(C)C)cc2)nc1C(F)F. The lowest BCUT2D eigenvalue weighted by atomic mass is 9.86. The Morgan fingerprint density at radius 2 is 1.57 bits per heavy atom. The van der Waals surface area contributed by atoms with Crippen molar-refractivity contribution >= 4 is 5.82 Å². The molecule has 0 saturated heterocycles. The Labute approximate surface area is 136 Å². The Hall–Kier alpha value is -2.04. The zero-order valence-electron chi connectivity index (χ0n) is 14.2. The zero-order chi connectivity index (χ0) is 17.4. The highest BCUT2D eigenvalue weighted by Gasteiger charge is 2.23. The number of aromatic nitrogens is 2. The zero-order valence-corrected chi connectivity index (χ0v) is 14.2. The van der Waals surface area contributed by atoms with Gasteiger partial charge < -0.3 is 5.73 Å². The number of alkyl halides is 2. The largest absolute Gasteiger partial charge is 0.383 e. The van der Waals surface area contributed by atoms with Gasteiger partial charge in [-0.1, -0.05) is 58.9 Å². The minimum Gasteiger partial charge on any atom is -0.383 e. The summed E-state index contributed by atoms with van der Waals surface area (Å²) in [5.41, 5.74) is 7.83. The third-order valence-electron chi connectivity index (χ3n) is 3.80. The van der Waals surface area contributed by atoms with Gasteiger partial charge in [0.1, 0.15) is 11.5 Å². The molecule has 124 valence electrons. The van der Waals surface area contributed by atoms with Crippen LogP contribution in [0.5, 0.6) is 0 Å². The van der Waals surface area contributed by atoms with E-state index in [9.17, 15) is 8.78 Å². The number of nitrogens with two attached hydrogens (primary N) is 1. The molecule has 2 aromatic rings. The first-order valence-electron chi connectivity index (χ1n) is 7.67. The number of benzene rings is 1. The van der Waals surface area contributed by atoms with Gasteiger partial charge in [0, 0.05) is 11.1 Å². The van der Waals surface area contributed by atoms with E-state index in [0.717, 1.165) is 5.56 Å². The summed E-state index contributed by atoms with van der Waals surface area (Å²) in [4.78, 5) is 8.31. The summed E-state index contributed by atoms with van der Waals surface area (Å²) in [6.45, 7) is 9.95. The maximum atomic E-state index is 13.3. The Morgan fingerprint density at radius 1 is 1.00 bits per heavy atom. The van der Waals surface area contributed by atoms with Gasteiger partial charge in [-0.15, -0.1) is 0 Å². The monoisotopic (exact) mass is 319 g/mol. The molecule has 1 aromatic heterocycles. The van der Waals surface area contributed by atoms with E-state index in [1.807, 2.05) is 24.3 Å². The molecule has 0 aliphatic heterocycles. The van der Waals surface area contributed by atoms with E-state index >= 15 is 0 Å². The average Bonchev–Trinajstić information content (AvgIpc) is 2.45. The fourth-order valence-electron chi connectivity index (χ4n) is 2.51. The molecule has 0 aliphatic carbocycles. The third-order valence-corrected chi connectivity index (χ3v) is 3.80. The van der Waals surface area contributed by atoms with E-state index in [2.05, 4.69) is 30.7 Å². The minimum atomic E-state index is -2.68. The van der Waals surface area contributed by atoms with E-state index in [-0.39, 0.29) is 28.7 Å². The van der Waals surface area contributed by atoms with Crippen LogP contribution < -0.4 is 5.73 Å². The van der Waals surface area contributed by atoms with Gasteiger partial charge in [-0.2, -0.15) is 0 Å². The van der Waals surface area contributed by atoms with E-state index in [4.69, 9.17) is 5.73 Å². The molecule has 23 heavy (non-hydrogen) atoms. The van der Waals surface area contributed by atoms with Crippen molar-refractivity contribution in [3.63, 3.8) is 0 Å². The lowest BCUT2D eigenvalue weighted by molar-refractivity contribution is 0.144. The predicted octanol–water partition coefficient (Wildman–Crippen LogP) is 5.08. The average molecular weight is 319 g/mol. The van der Waals surface area contributed by atoms with E-state index in [1.54, 1.807) is 13.8 Å². The third kappa shape index (κ3) is 3.66. The first kappa shape index (κ1) is 17.3. The Kier molecular flexibility index (Phi) is 4.68. The van der Waals surface area contributed by atoms with Gasteiger partial charge in [-0.05, 0) is 16.9 Å². The Bertz CT molecular complexity index is 687. The summed E-state index contributed by atoms with van der Waals surface area (Å²) in [7, 11) is 0. The summed E-state index contributed by atoms with van der Waals surface area (Å²) in [6, 6.07) is 7.62. The fourth-order valence-corrected chi connectivity index (χ4v) is 2.51. The van der Waals surface area contributed by atoms with Crippen molar-refractivity contribution in [3.8, 4) is 11.4 Å². The normalized spacial score (nSPS) is 12.2. The topological polar surface area (TPSA) is 51.8 Å². The standard InChI is InChI=1S/C18H23F2N3/c1-10(2)13-14(15(19)20)22-17(23-16(13)21)11-6-8-12(9-7-11)18(3,4)5/h6-10,15H,1-5H3,(H2,21,22,23). The van der Waals surface area contributed by atoms with Crippen LogP contribution in [0.25, 0.3) is 11.4 Å². The first-order valence-corrected chi connectivity index (χ1v) is 7.67. The van der Waals surface area contributed by atoms with Gasteiger partial charge in [0.25, 0.3) is 6.43 Å². The number of halogens is 2. The second kappa shape index (κ2) is 6.22. The second-order valence-electron chi connectivity index (χ2n) is 7.01. The molecular weight excluding hydrogens is 296 g/mol. The number of hydrogen-bond acceptors (Lipinski definition) is 3. The van der Waals surface area contributed by atoms with Crippen molar-refractivity contribution in [1.29, 1.82) is 0 Å². The van der Waals surface area contributed by atoms with Crippen LogP contribution >= 0.6 is 0 Å². The highest BCUT2D eigenvalue weighted by atomic mass is 19.3. The van der Waals surface area contributed by atoms with Crippen LogP contribution in [0.3, 0.4) is 0 Å². The Balaban J connectivity index is 2.52. The van der Waals surface area contributed by atoms with Crippen molar-refractivity contribution in [2.45, 2.75) is 52.4 Å². The quantitative estimate of drug-likeness (QED) is 0.858. The van der Waals surface area contributed by atoms with Crippen LogP contribution in [0.2, 0.25) is 0 Å². The van der Waals surface area contributed by atoms with Crippen LogP contribution in [0, 0.1) is 0 Å². The van der Waals surface area contributed by atoms with Crippen molar-refractivity contribution in [2.24, 2.45) is 0 Å². The summed E-state index contributed by atoms with van der Waals surface area (Å²) >= 11 is 0. The van der Waals surface area contributed by atoms with Crippen molar-refractivity contribution in [1.82, 2.24) is 9.97 Å².